The minimum atomic E-state index is 0.133. The van der Waals surface area contributed by atoms with Crippen molar-refractivity contribution in [2.75, 3.05) is 0 Å². The molecule has 1 unspecified atom stereocenters. The van der Waals surface area contributed by atoms with Crippen molar-refractivity contribution >= 4 is 5.91 Å². The van der Waals surface area contributed by atoms with Crippen LogP contribution in [-0.4, -0.2) is 16.9 Å². The van der Waals surface area contributed by atoms with Gasteiger partial charge in [-0.3, -0.25) is 4.79 Å². The van der Waals surface area contributed by atoms with Crippen LogP contribution in [-0.2, 0) is 11.2 Å². The second kappa shape index (κ2) is 5.47. The van der Waals surface area contributed by atoms with Gasteiger partial charge in [-0.25, -0.2) is 0 Å². The molecule has 1 atom stereocenters. The molecule has 3 heteroatoms. The smallest absolute Gasteiger partial charge is 0.220 e. The molecule has 14 heavy (non-hydrogen) atoms. The maximum atomic E-state index is 11.4. The Balaban J connectivity index is 2.22. The highest BCUT2D eigenvalue weighted by atomic mass is 16.1. The zero-order chi connectivity index (χ0) is 10.4. The van der Waals surface area contributed by atoms with Crippen molar-refractivity contribution in [3.05, 3.63) is 24.0 Å². The lowest BCUT2D eigenvalue weighted by atomic mass is 10.2. The predicted molar refractivity (Wildman–Crippen MR) is 57.0 cm³/mol. The molecule has 2 N–H and O–H groups in total. The Bertz CT molecular complexity index is 267. The summed E-state index contributed by atoms with van der Waals surface area (Å²) in [6, 6.07) is 4.23. The highest BCUT2D eigenvalue weighted by Crippen LogP contribution is 1.99. The number of nitrogens with one attached hydrogen (secondary N) is 2. The predicted octanol–water partition coefficient (Wildman–Crippen LogP) is 1.86. The van der Waals surface area contributed by atoms with Crippen molar-refractivity contribution in [2.45, 2.75) is 39.2 Å². The summed E-state index contributed by atoms with van der Waals surface area (Å²) in [6.45, 7) is 4.09. The largest absolute Gasteiger partial charge is 0.365 e. The molecule has 0 saturated heterocycles. The molecule has 1 amide bonds. The first-order chi connectivity index (χ1) is 6.72. The Hall–Kier alpha value is -1.25. The molecule has 1 rings (SSSR count). The van der Waals surface area contributed by atoms with E-state index >= 15 is 0 Å². The van der Waals surface area contributed by atoms with Crippen molar-refractivity contribution in [3.8, 4) is 0 Å². The number of rotatable bonds is 5. The van der Waals surface area contributed by atoms with Crippen molar-refractivity contribution < 1.29 is 4.79 Å². The number of aryl methyl sites for hydroxylation is 1. The molecule has 0 spiro atoms. The van der Waals surface area contributed by atoms with Crippen LogP contribution in [0, 0.1) is 0 Å². The molecule has 0 radical (unpaired) electrons. The van der Waals surface area contributed by atoms with Gasteiger partial charge in [0, 0.05) is 24.4 Å². The Morgan fingerprint density at radius 2 is 2.43 bits per heavy atom. The lowest BCUT2D eigenvalue weighted by Crippen LogP contribution is -2.32. The number of aromatic nitrogens is 1. The van der Waals surface area contributed by atoms with Crippen molar-refractivity contribution in [3.63, 3.8) is 0 Å². The third kappa shape index (κ3) is 3.64. The second-order valence-electron chi connectivity index (χ2n) is 3.57. The quantitative estimate of drug-likeness (QED) is 0.738. The molecule has 0 aliphatic heterocycles. The first-order valence-electron chi connectivity index (χ1n) is 5.14. The molecule has 0 aliphatic rings. The molecule has 78 valence electrons. The number of carbonyl (C=O) groups is 1. The van der Waals surface area contributed by atoms with E-state index in [1.807, 2.05) is 25.3 Å². The topological polar surface area (TPSA) is 44.9 Å². The number of aromatic amines is 1. The van der Waals surface area contributed by atoms with E-state index in [2.05, 4.69) is 17.2 Å². The van der Waals surface area contributed by atoms with E-state index in [9.17, 15) is 4.79 Å². The third-order valence-electron chi connectivity index (χ3n) is 2.30. The van der Waals surface area contributed by atoms with Gasteiger partial charge in [0.05, 0.1) is 0 Å². The Kier molecular flexibility index (Phi) is 4.23. The van der Waals surface area contributed by atoms with E-state index in [-0.39, 0.29) is 11.9 Å². The number of hydrogen-bond donors (Lipinski definition) is 2. The number of amides is 1. The summed E-state index contributed by atoms with van der Waals surface area (Å²) in [5, 5.41) is 2.94. The van der Waals surface area contributed by atoms with Gasteiger partial charge in [0.25, 0.3) is 0 Å². The Labute approximate surface area is 84.9 Å². The van der Waals surface area contributed by atoms with E-state index in [1.165, 1.54) is 0 Å². The molecule has 0 bridgehead atoms. The van der Waals surface area contributed by atoms with Crippen molar-refractivity contribution in [1.82, 2.24) is 10.3 Å². The van der Waals surface area contributed by atoms with Gasteiger partial charge in [0.15, 0.2) is 0 Å². The maximum absolute atomic E-state index is 11.4. The lowest BCUT2D eigenvalue weighted by molar-refractivity contribution is -0.121. The zero-order valence-corrected chi connectivity index (χ0v) is 8.84. The van der Waals surface area contributed by atoms with Gasteiger partial charge in [-0.15, -0.1) is 0 Å². The maximum Gasteiger partial charge on any atom is 0.220 e. The van der Waals surface area contributed by atoms with Crippen LogP contribution in [0.15, 0.2) is 18.3 Å². The van der Waals surface area contributed by atoms with Crippen LogP contribution >= 0.6 is 0 Å². The molecule has 1 aromatic heterocycles. The summed E-state index contributed by atoms with van der Waals surface area (Å²) in [7, 11) is 0. The summed E-state index contributed by atoms with van der Waals surface area (Å²) in [5.74, 6) is 0.133. The summed E-state index contributed by atoms with van der Waals surface area (Å²) >= 11 is 0. The van der Waals surface area contributed by atoms with Crippen LogP contribution < -0.4 is 5.32 Å². The standard InChI is InChI=1S/C11H18N2O/c1-3-9(2)13-11(14)7-6-10-5-4-8-12-10/h4-5,8-9,12H,3,6-7H2,1-2H3,(H,13,14). The van der Waals surface area contributed by atoms with E-state index in [0.717, 1.165) is 18.5 Å². The van der Waals surface area contributed by atoms with Crippen LogP contribution in [0.1, 0.15) is 32.4 Å². The number of carbonyl (C=O) groups excluding carboxylic acids is 1. The third-order valence-corrected chi connectivity index (χ3v) is 2.30. The van der Waals surface area contributed by atoms with Crippen LogP contribution in [0.25, 0.3) is 0 Å². The second-order valence-corrected chi connectivity index (χ2v) is 3.57. The average molecular weight is 194 g/mol. The van der Waals surface area contributed by atoms with Gasteiger partial charge in [0.2, 0.25) is 5.91 Å². The van der Waals surface area contributed by atoms with Gasteiger partial charge in [0.1, 0.15) is 0 Å². The lowest BCUT2D eigenvalue weighted by Gasteiger charge is -2.10. The molecule has 0 aromatic carbocycles. The minimum Gasteiger partial charge on any atom is -0.365 e. The molecule has 0 aliphatic carbocycles. The fourth-order valence-electron chi connectivity index (χ4n) is 1.22. The molecule has 1 heterocycles. The van der Waals surface area contributed by atoms with Gasteiger partial charge in [-0.2, -0.15) is 0 Å². The van der Waals surface area contributed by atoms with Gasteiger partial charge >= 0.3 is 0 Å². The van der Waals surface area contributed by atoms with Crippen LogP contribution in [0.2, 0.25) is 0 Å². The minimum absolute atomic E-state index is 0.133. The molecule has 3 nitrogen and oxygen atoms in total. The van der Waals surface area contributed by atoms with E-state index in [4.69, 9.17) is 0 Å². The molecule has 0 saturated carbocycles. The van der Waals surface area contributed by atoms with E-state index < -0.39 is 0 Å². The fourth-order valence-corrected chi connectivity index (χ4v) is 1.22. The monoisotopic (exact) mass is 194 g/mol. The highest BCUT2D eigenvalue weighted by Gasteiger charge is 2.05. The first kappa shape index (κ1) is 10.8. The first-order valence-corrected chi connectivity index (χ1v) is 5.14. The molecule has 1 aromatic rings. The van der Waals surface area contributed by atoms with Crippen molar-refractivity contribution in [2.24, 2.45) is 0 Å². The van der Waals surface area contributed by atoms with Gasteiger partial charge in [-0.05, 0) is 31.9 Å². The summed E-state index contributed by atoms with van der Waals surface area (Å²) < 4.78 is 0. The molecular weight excluding hydrogens is 176 g/mol. The average Bonchev–Trinajstić information content (AvgIpc) is 2.67. The Morgan fingerprint density at radius 3 is 3.00 bits per heavy atom. The highest BCUT2D eigenvalue weighted by molar-refractivity contribution is 5.76. The van der Waals surface area contributed by atoms with Crippen molar-refractivity contribution in [1.29, 1.82) is 0 Å². The van der Waals surface area contributed by atoms with Crippen LogP contribution in [0.5, 0.6) is 0 Å². The van der Waals surface area contributed by atoms with Crippen LogP contribution in [0.4, 0.5) is 0 Å². The zero-order valence-electron chi connectivity index (χ0n) is 8.84. The summed E-state index contributed by atoms with van der Waals surface area (Å²) in [4.78, 5) is 14.5. The van der Waals surface area contributed by atoms with E-state index in [0.29, 0.717) is 6.42 Å². The van der Waals surface area contributed by atoms with E-state index in [1.54, 1.807) is 0 Å². The summed E-state index contributed by atoms with van der Waals surface area (Å²) in [5.41, 5.74) is 1.12. The molecular formula is C11H18N2O. The summed E-state index contributed by atoms with van der Waals surface area (Å²) in [6.07, 6.45) is 4.20. The van der Waals surface area contributed by atoms with Gasteiger partial charge < -0.3 is 10.3 Å². The normalized spacial score (nSPS) is 12.4. The SMILES string of the molecule is CCC(C)NC(=O)CCc1ccc[nH]1. The Morgan fingerprint density at radius 1 is 1.64 bits per heavy atom. The number of hydrogen-bond acceptors (Lipinski definition) is 1. The van der Waals surface area contributed by atoms with Crippen LogP contribution in [0.3, 0.4) is 0 Å². The fraction of sp³-hybridized carbons (Fsp3) is 0.545. The molecule has 0 fully saturated rings. The van der Waals surface area contributed by atoms with Gasteiger partial charge in [-0.1, -0.05) is 6.92 Å². The number of H-pyrrole nitrogens is 1.